The molecule has 0 aromatic heterocycles. The summed E-state index contributed by atoms with van der Waals surface area (Å²) < 4.78 is 0. The fraction of sp³-hybridized carbons (Fsp3) is 0.222. The predicted octanol–water partition coefficient (Wildman–Crippen LogP) is 0.508. The number of amides is 1. The largest absolute Gasteiger partial charge is 0.399 e. The molecule has 0 unspecified atom stereocenters. The smallest absolute Gasteiger partial charge is 0.250 e. The van der Waals surface area contributed by atoms with E-state index >= 15 is 0 Å². The standard InChI is InChI=1S/C9H12N2O2/c1-6-2-7(10)4-8(3-6)11-9(13)5-12/h2-4,12H,5,10H2,1H3,(H,11,13). The Kier molecular flexibility index (Phi) is 2.87. The molecule has 0 radical (unpaired) electrons. The molecule has 0 heterocycles. The van der Waals surface area contributed by atoms with Crippen molar-refractivity contribution < 1.29 is 9.90 Å². The van der Waals surface area contributed by atoms with Crippen LogP contribution in [-0.4, -0.2) is 17.6 Å². The Morgan fingerprint density at radius 2 is 2.23 bits per heavy atom. The lowest BCUT2D eigenvalue weighted by Crippen LogP contribution is -2.15. The number of aryl methyl sites for hydroxylation is 1. The quantitative estimate of drug-likeness (QED) is 0.580. The first-order chi connectivity index (χ1) is 6.11. The van der Waals surface area contributed by atoms with Gasteiger partial charge in [0.15, 0.2) is 0 Å². The van der Waals surface area contributed by atoms with Gasteiger partial charge in [-0.25, -0.2) is 0 Å². The molecule has 70 valence electrons. The maximum Gasteiger partial charge on any atom is 0.250 e. The summed E-state index contributed by atoms with van der Waals surface area (Å²) in [6.07, 6.45) is 0. The summed E-state index contributed by atoms with van der Waals surface area (Å²) in [5.74, 6) is -0.440. The van der Waals surface area contributed by atoms with Crippen LogP contribution in [0, 0.1) is 6.92 Å². The number of carbonyl (C=O) groups excluding carboxylic acids is 1. The van der Waals surface area contributed by atoms with Crippen molar-refractivity contribution in [2.75, 3.05) is 17.7 Å². The van der Waals surface area contributed by atoms with Crippen LogP contribution in [0.3, 0.4) is 0 Å². The summed E-state index contributed by atoms with van der Waals surface area (Å²) in [7, 11) is 0. The molecule has 0 spiro atoms. The lowest BCUT2D eigenvalue weighted by molar-refractivity contribution is -0.118. The first-order valence-corrected chi connectivity index (χ1v) is 3.89. The van der Waals surface area contributed by atoms with Crippen molar-refractivity contribution in [3.63, 3.8) is 0 Å². The Bertz CT molecular complexity index is 303. The molecule has 1 aromatic rings. The molecule has 0 atom stereocenters. The van der Waals surface area contributed by atoms with E-state index in [2.05, 4.69) is 5.32 Å². The van der Waals surface area contributed by atoms with Crippen LogP contribution in [0.25, 0.3) is 0 Å². The Morgan fingerprint density at radius 3 is 2.77 bits per heavy atom. The molecule has 0 aliphatic rings. The summed E-state index contributed by atoms with van der Waals surface area (Å²) >= 11 is 0. The van der Waals surface area contributed by atoms with Crippen LogP contribution in [0.15, 0.2) is 18.2 Å². The van der Waals surface area contributed by atoms with Crippen LogP contribution in [0.5, 0.6) is 0 Å². The zero-order valence-corrected chi connectivity index (χ0v) is 7.37. The molecule has 4 heteroatoms. The van der Waals surface area contributed by atoms with E-state index in [4.69, 9.17) is 10.8 Å². The number of nitrogens with one attached hydrogen (secondary N) is 1. The number of nitrogen functional groups attached to an aromatic ring is 1. The number of anilines is 2. The molecular formula is C9H12N2O2. The molecule has 0 aliphatic carbocycles. The van der Waals surface area contributed by atoms with E-state index in [1.54, 1.807) is 18.2 Å². The zero-order valence-electron chi connectivity index (χ0n) is 7.37. The van der Waals surface area contributed by atoms with Crippen LogP contribution in [0.4, 0.5) is 11.4 Å². The summed E-state index contributed by atoms with van der Waals surface area (Å²) in [6.45, 7) is 1.36. The Hall–Kier alpha value is -1.55. The van der Waals surface area contributed by atoms with Crippen LogP contribution in [0.1, 0.15) is 5.56 Å². The third-order valence-electron chi connectivity index (χ3n) is 1.53. The highest BCUT2D eigenvalue weighted by Gasteiger charge is 2.00. The summed E-state index contributed by atoms with van der Waals surface area (Å²) in [4.78, 5) is 10.8. The Balaban J connectivity index is 2.83. The molecule has 0 saturated carbocycles. The topological polar surface area (TPSA) is 75.3 Å². The highest BCUT2D eigenvalue weighted by Crippen LogP contribution is 2.15. The number of nitrogens with two attached hydrogens (primary N) is 1. The van der Waals surface area contributed by atoms with Crippen molar-refractivity contribution in [2.45, 2.75) is 6.92 Å². The van der Waals surface area contributed by atoms with Crippen LogP contribution in [0.2, 0.25) is 0 Å². The highest BCUT2D eigenvalue weighted by molar-refractivity contribution is 5.92. The number of hydrogen-bond acceptors (Lipinski definition) is 3. The minimum absolute atomic E-state index is 0.440. The maximum atomic E-state index is 10.8. The van der Waals surface area contributed by atoms with Gasteiger partial charge in [-0.3, -0.25) is 4.79 Å². The van der Waals surface area contributed by atoms with Crippen molar-refractivity contribution in [2.24, 2.45) is 0 Å². The van der Waals surface area contributed by atoms with Crippen molar-refractivity contribution in [1.29, 1.82) is 0 Å². The van der Waals surface area contributed by atoms with Crippen LogP contribution in [-0.2, 0) is 4.79 Å². The minimum atomic E-state index is -0.520. The van der Waals surface area contributed by atoms with Gasteiger partial charge in [0.2, 0.25) is 5.91 Å². The zero-order chi connectivity index (χ0) is 9.84. The van der Waals surface area contributed by atoms with Gasteiger partial charge in [-0.15, -0.1) is 0 Å². The molecule has 1 aromatic carbocycles. The van der Waals surface area contributed by atoms with E-state index in [0.29, 0.717) is 11.4 Å². The second kappa shape index (κ2) is 3.91. The Labute approximate surface area is 76.4 Å². The van der Waals surface area contributed by atoms with E-state index in [1.807, 2.05) is 6.92 Å². The number of rotatable bonds is 2. The lowest BCUT2D eigenvalue weighted by atomic mass is 10.2. The molecule has 0 aliphatic heterocycles. The molecule has 0 saturated heterocycles. The SMILES string of the molecule is Cc1cc(N)cc(NC(=O)CO)c1. The van der Waals surface area contributed by atoms with Crippen molar-refractivity contribution in [3.8, 4) is 0 Å². The van der Waals surface area contributed by atoms with Crippen molar-refractivity contribution in [1.82, 2.24) is 0 Å². The number of hydrogen-bond donors (Lipinski definition) is 3. The van der Waals surface area contributed by atoms with E-state index < -0.39 is 12.5 Å². The summed E-state index contributed by atoms with van der Waals surface area (Å²) in [5.41, 5.74) is 7.73. The Morgan fingerprint density at radius 1 is 1.54 bits per heavy atom. The lowest BCUT2D eigenvalue weighted by Gasteiger charge is -2.05. The normalized spacial score (nSPS) is 9.69. The minimum Gasteiger partial charge on any atom is -0.399 e. The number of benzene rings is 1. The molecule has 1 amide bonds. The average molecular weight is 180 g/mol. The van der Waals surface area contributed by atoms with Crippen molar-refractivity contribution >= 4 is 17.3 Å². The van der Waals surface area contributed by atoms with E-state index in [1.165, 1.54) is 0 Å². The predicted molar refractivity (Wildman–Crippen MR) is 51.3 cm³/mol. The highest BCUT2D eigenvalue weighted by atomic mass is 16.3. The van der Waals surface area contributed by atoms with Gasteiger partial charge in [-0.1, -0.05) is 0 Å². The third kappa shape index (κ3) is 2.76. The van der Waals surface area contributed by atoms with Gasteiger partial charge in [0, 0.05) is 11.4 Å². The monoisotopic (exact) mass is 180 g/mol. The first-order valence-electron chi connectivity index (χ1n) is 3.89. The maximum absolute atomic E-state index is 10.8. The van der Waals surface area contributed by atoms with Crippen LogP contribution >= 0.6 is 0 Å². The number of carbonyl (C=O) groups is 1. The molecule has 4 nitrogen and oxygen atoms in total. The fourth-order valence-electron chi connectivity index (χ4n) is 1.09. The summed E-state index contributed by atoms with van der Waals surface area (Å²) in [5, 5.41) is 11.0. The second-order valence-electron chi connectivity index (χ2n) is 2.84. The van der Waals surface area contributed by atoms with Gasteiger partial charge in [0.25, 0.3) is 0 Å². The number of aliphatic hydroxyl groups is 1. The molecule has 0 fully saturated rings. The molecular weight excluding hydrogens is 168 g/mol. The molecule has 0 bridgehead atoms. The summed E-state index contributed by atoms with van der Waals surface area (Å²) in [6, 6.07) is 5.22. The van der Waals surface area contributed by atoms with Gasteiger partial charge in [-0.05, 0) is 30.7 Å². The second-order valence-corrected chi connectivity index (χ2v) is 2.84. The van der Waals surface area contributed by atoms with Gasteiger partial charge >= 0.3 is 0 Å². The van der Waals surface area contributed by atoms with Crippen molar-refractivity contribution in [3.05, 3.63) is 23.8 Å². The first kappa shape index (κ1) is 9.54. The van der Waals surface area contributed by atoms with E-state index in [-0.39, 0.29) is 0 Å². The van der Waals surface area contributed by atoms with E-state index in [9.17, 15) is 4.79 Å². The van der Waals surface area contributed by atoms with Gasteiger partial charge in [0.1, 0.15) is 6.61 Å². The fourth-order valence-corrected chi connectivity index (χ4v) is 1.09. The molecule has 4 N–H and O–H groups in total. The van der Waals surface area contributed by atoms with Crippen LogP contribution < -0.4 is 11.1 Å². The van der Waals surface area contributed by atoms with E-state index in [0.717, 1.165) is 5.56 Å². The van der Waals surface area contributed by atoms with Gasteiger partial charge < -0.3 is 16.2 Å². The van der Waals surface area contributed by atoms with Gasteiger partial charge in [0.05, 0.1) is 0 Å². The molecule has 13 heavy (non-hydrogen) atoms. The third-order valence-corrected chi connectivity index (χ3v) is 1.53. The average Bonchev–Trinajstić information content (AvgIpc) is 2.02. The van der Waals surface area contributed by atoms with Gasteiger partial charge in [-0.2, -0.15) is 0 Å². The number of aliphatic hydroxyl groups excluding tert-OH is 1. The molecule has 1 rings (SSSR count).